The number of nitriles is 1. The zero-order valence-corrected chi connectivity index (χ0v) is 23.9. The summed E-state index contributed by atoms with van der Waals surface area (Å²) >= 11 is 0. The van der Waals surface area contributed by atoms with E-state index in [0.717, 1.165) is 0 Å². The second kappa shape index (κ2) is 11.7. The number of alkyl carbamates (subject to hydrolysis) is 1. The van der Waals surface area contributed by atoms with Gasteiger partial charge in [-0.1, -0.05) is 24.3 Å². The highest BCUT2D eigenvalue weighted by Gasteiger charge is 2.53. The third-order valence-electron chi connectivity index (χ3n) is 8.06. The molecule has 3 amide bonds. The number of benzene rings is 2. The summed E-state index contributed by atoms with van der Waals surface area (Å²) in [6.07, 6.45) is 1.02. The highest BCUT2D eigenvalue weighted by atomic mass is 19.1. The lowest BCUT2D eigenvalue weighted by Crippen LogP contribution is -2.59. The van der Waals surface area contributed by atoms with Crippen molar-refractivity contribution in [3.63, 3.8) is 0 Å². The first-order valence-electron chi connectivity index (χ1n) is 14.2. The van der Waals surface area contributed by atoms with Crippen LogP contribution in [0.4, 0.5) is 13.6 Å². The quantitative estimate of drug-likeness (QED) is 0.536. The molecule has 2 bridgehead atoms. The molecular formula is C31H35F2N5O4. The monoisotopic (exact) mass is 579 g/mol. The molecule has 5 rings (SSSR count). The molecule has 11 heteroatoms. The van der Waals surface area contributed by atoms with Gasteiger partial charge in [0.25, 0.3) is 0 Å². The van der Waals surface area contributed by atoms with Crippen molar-refractivity contribution in [1.29, 1.82) is 5.26 Å². The number of amides is 3. The van der Waals surface area contributed by atoms with E-state index in [9.17, 15) is 28.4 Å². The Morgan fingerprint density at radius 1 is 1.07 bits per heavy atom. The number of hydrogen-bond donors (Lipinski definition) is 1. The second-order valence-electron chi connectivity index (χ2n) is 12.1. The van der Waals surface area contributed by atoms with Gasteiger partial charge in [-0.05, 0) is 75.4 Å². The van der Waals surface area contributed by atoms with E-state index in [4.69, 9.17) is 4.74 Å². The molecule has 3 aliphatic heterocycles. The molecule has 4 atom stereocenters. The highest BCUT2D eigenvalue weighted by molar-refractivity contribution is 5.88. The number of halogens is 2. The lowest BCUT2D eigenvalue weighted by Gasteiger charge is -2.40. The number of nitrogens with zero attached hydrogens (tertiary/aromatic N) is 4. The average Bonchev–Trinajstić information content (AvgIpc) is 3.65. The van der Waals surface area contributed by atoms with Gasteiger partial charge in [-0.2, -0.15) is 5.26 Å². The Bertz CT molecular complexity index is 1330. The second-order valence-corrected chi connectivity index (χ2v) is 12.1. The summed E-state index contributed by atoms with van der Waals surface area (Å²) in [5, 5.41) is 12.2. The van der Waals surface area contributed by atoms with Crippen LogP contribution < -0.4 is 5.32 Å². The van der Waals surface area contributed by atoms with Gasteiger partial charge in [0.1, 0.15) is 29.3 Å². The van der Waals surface area contributed by atoms with Crippen molar-refractivity contribution in [3.05, 3.63) is 71.3 Å². The van der Waals surface area contributed by atoms with Gasteiger partial charge in [0.15, 0.2) is 0 Å². The maximum atomic E-state index is 13.9. The van der Waals surface area contributed by atoms with E-state index in [-0.39, 0.29) is 24.4 Å². The van der Waals surface area contributed by atoms with E-state index >= 15 is 0 Å². The molecule has 42 heavy (non-hydrogen) atoms. The molecule has 0 saturated carbocycles. The fourth-order valence-electron chi connectivity index (χ4n) is 6.27. The topological polar surface area (TPSA) is 106 Å². The van der Waals surface area contributed by atoms with Crippen molar-refractivity contribution in [1.82, 2.24) is 20.0 Å². The Morgan fingerprint density at radius 2 is 1.67 bits per heavy atom. The smallest absolute Gasteiger partial charge is 0.408 e. The standard InChI is InChI=1S/C31H35F2N5O4/c1-31(2,3)42-30(41)35-25(28(39)37-14-4-5-23(37)16-34)18-36-17-24-15-26(36)29(40)38(24)27(19-6-10-21(32)11-7-19)20-8-12-22(33)13-9-20/h6-13,23-27H,4-5,14-15,17-18H2,1-3H3,(H,35,41)/t23-,24+,25-,26+/m0/s1. The van der Waals surface area contributed by atoms with E-state index in [1.807, 2.05) is 4.90 Å². The Balaban J connectivity index is 1.38. The molecule has 0 spiro atoms. The molecule has 0 aliphatic carbocycles. The molecule has 3 heterocycles. The van der Waals surface area contributed by atoms with Gasteiger partial charge in [0.05, 0.1) is 18.2 Å². The van der Waals surface area contributed by atoms with Gasteiger partial charge in [-0.15, -0.1) is 0 Å². The zero-order chi connectivity index (χ0) is 30.2. The van der Waals surface area contributed by atoms with Crippen LogP contribution >= 0.6 is 0 Å². The van der Waals surface area contributed by atoms with Crippen LogP contribution in [0.25, 0.3) is 0 Å². The molecule has 2 aromatic carbocycles. The number of hydrogen-bond acceptors (Lipinski definition) is 6. The molecule has 3 fully saturated rings. The molecule has 3 saturated heterocycles. The molecule has 222 valence electrons. The van der Waals surface area contributed by atoms with E-state index in [0.29, 0.717) is 43.5 Å². The van der Waals surface area contributed by atoms with Crippen LogP contribution in [0.2, 0.25) is 0 Å². The van der Waals surface area contributed by atoms with Gasteiger partial charge >= 0.3 is 6.09 Å². The predicted octanol–water partition coefficient (Wildman–Crippen LogP) is 3.75. The third kappa shape index (κ3) is 6.09. The van der Waals surface area contributed by atoms with Crippen LogP contribution in [-0.4, -0.2) is 82.0 Å². The lowest BCUT2D eigenvalue weighted by molar-refractivity contribution is -0.140. The Hall–Kier alpha value is -4.04. The fraction of sp³-hybridized carbons (Fsp3) is 0.484. The maximum absolute atomic E-state index is 13.9. The molecule has 0 aromatic heterocycles. The summed E-state index contributed by atoms with van der Waals surface area (Å²) in [6.45, 7) is 6.10. The van der Waals surface area contributed by atoms with Crippen molar-refractivity contribution >= 4 is 17.9 Å². The first-order valence-corrected chi connectivity index (χ1v) is 14.2. The maximum Gasteiger partial charge on any atom is 0.408 e. The summed E-state index contributed by atoms with van der Waals surface area (Å²) in [7, 11) is 0. The van der Waals surface area contributed by atoms with E-state index < -0.39 is 47.5 Å². The minimum Gasteiger partial charge on any atom is -0.444 e. The summed E-state index contributed by atoms with van der Waals surface area (Å²) in [5.74, 6) is -1.35. The summed E-state index contributed by atoms with van der Waals surface area (Å²) in [5.41, 5.74) is 0.623. The first-order chi connectivity index (χ1) is 19.9. The normalized spacial score (nSPS) is 22.9. The number of likely N-dealkylation sites (tertiary alicyclic amines) is 3. The van der Waals surface area contributed by atoms with Gasteiger partial charge < -0.3 is 19.9 Å². The zero-order valence-electron chi connectivity index (χ0n) is 23.9. The van der Waals surface area contributed by atoms with Crippen LogP contribution in [0.15, 0.2) is 48.5 Å². The van der Waals surface area contributed by atoms with Crippen LogP contribution in [0.5, 0.6) is 0 Å². The van der Waals surface area contributed by atoms with Gasteiger partial charge in [0, 0.05) is 25.7 Å². The summed E-state index contributed by atoms with van der Waals surface area (Å²) in [6, 6.07) is 11.1. The Kier molecular flexibility index (Phi) is 8.19. The molecule has 3 aliphatic rings. The largest absolute Gasteiger partial charge is 0.444 e. The summed E-state index contributed by atoms with van der Waals surface area (Å²) < 4.78 is 32.9. The van der Waals surface area contributed by atoms with Crippen LogP contribution in [0.1, 0.15) is 57.2 Å². The fourth-order valence-corrected chi connectivity index (χ4v) is 6.27. The van der Waals surface area contributed by atoms with Gasteiger partial charge in [-0.25, -0.2) is 13.6 Å². The van der Waals surface area contributed by atoms with Gasteiger partial charge in [0.2, 0.25) is 11.8 Å². The minimum atomic E-state index is -1.01. The van der Waals surface area contributed by atoms with Crippen LogP contribution in [0.3, 0.4) is 0 Å². The number of carbonyl (C=O) groups excluding carboxylic acids is 3. The van der Waals surface area contributed by atoms with E-state index in [1.54, 1.807) is 49.9 Å². The van der Waals surface area contributed by atoms with Crippen molar-refractivity contribution in [2.24, 2.45) is 0 Å². The van der Waals surface area contributed by atoms with E-state index in [1.165, 1.54) is 29.2 Å². The third-order valence-corrected chi connectivity index (χ3v) is 8.06. The molecule has 2 aromatic rings. The SMILES string of the molecule is CC(C)(C)OC(=O)N[C@@H](CN1C[C@H]2C[C@@H]1C(=O)N2C(c1ccc(F)cc1)c1ccc(F)cc1)C(=O)N1CCC[C@H]1C#N. The lowest BCUT2D eigenvalue weighted by atomic mass is 9.95. The number of carbonyl (C=O) groups is 3. The predicted molar refractivity (Wildman–Crippen MR) is 149 cm³/mol. The van der Waals surface area contributed by atoms with Crippen LogP contribution in [0, 0.1) is 23.0 Å². The minimum absolute atomic E-state index is 0.0746. The molecule has 0 unspecified atom stereocenters. The molecular weight excluding hydrogens is 544 g/mol. The van der Waals surface area contributed by atoms with Crippen molar-refractivity contribution in [2.45, 2.75) is 75.8 Å². The van der Waals surface area contributed by atoms with Crippen molar-refractivity contribution in [3.8, 4) is 6.07 Å². The highest BCUT2D eigenvalue weighted by Crippen LogP contribution is 2.41. The Labute approximate surface area is 244 Å². The number of ether oxygens (including phenoxy) is 1. The van der Waals surface area contributed by atoms with Crippen molar-refractivity contribution in [2.75, 3.05) is 19.6 Å². The summed E-state index contributed by atoms with van der Waals surface area (Å²) in [4.78, 5) is 45.4. The van der Waals surface area contributed by atoms with Crippen molar-refractivity contribution < 1.29 is 27.9 Å². The number of rotatable bonds is 7. The van der Waals surface area contributed by atoms with Gasteiger partial charge in [-0.3, -0.25) is 14.5 Å². The number of nitrogens with one attached hydrogen (secondary N) is 1. The molecule has 9 nitrogen and oxygen atoms in total. The first kappa shape index (κ1) is 29.5. The molecule has 1 N–H and O–H groups in total. The number of fused-ring (bicyclic) bond motifs is 2. The Morgan fingerprint density at radius 3 is 2.19 bits per heavy atom. The van der Waals surface area contributed by atoms with E-state index in [2.05, 4.69) is 11.4 Å². The average molecular weight is 580 g/mol. The number of piperazine rings is 1. The molecule has 0 radical (unpaired) electrons. The van der Waals surface area contributed by atoms with Crippen LogP contribution in [-0.2, 0) is 14.3 Å².